The van der Waals surface area contributed by atoms with Gasteiger partial charge in [-0.3, -0.25) is 14.4 Å². The van der Waals surface area contributed by atoms with E-state index in [0.29, 0.717) is 58.2 Å². The van der Waals surface area contributed by atoms with Crippen LogP contribution in [0.4, 0.5) is 0 Å². The summed E-state index contributed by atoms with van der Waals surface area (Å²) in [7, 11) is 0. The predicted molar refractivity (Wildman–Crippen MR) is 129 cm³/mol. The standard InChI is InChI=1S/C23H44N6O5/c1-15(2)14-18(28-20(30)16(26)8-3-5-11-24)22(32)29-13-7-10-19(29)21(31)27-17(23(33)34)9-4-6-12-25/h15-19H,3-14,24-26H2,1-2H3,(H,27,31)(H,28,30)(H,33,34). The van der Waals surface area contributed by atoms with Gasteiger partial charge in [0.1, 0.15) is 18.1 Å². The van der Waals surface area contributed by atoms with Gasteiger partial charge in [0.2, 0.25) is 17.7 Å². The number of aliphatic carboxylic acids is 1. The fourth-order valence-electron chi connectivity index (χ4n) is 4.13. The number of hydrogen-bond donors (Lipinski definition) is 6. The average Bonchev–Trinajstić information content (AvgIpc) is 3.27. The normalized spacial score (nSPS) is 18.4. The number of nitrogens with two attached hydrogens (primary N) is 3. The van der Waals surface area contributed by atoms with Crippen LogP contribution in [0.15, 0.2) is 0 Å². The molecule has 0 radical (unpaired) electrons. The second-order valence-corrected chi connectivity index (χ2v) is 9.46. The molecule has 1 aliphatic heterocycles. The van der Waals surface area contributed by atoms with Crippen LogP contribution in [0.25, 0.3) is 0 Å². The van der Waals surface area contributed by atoms with E-state index in [0.717, 1.165) is 12.8 Å². The third-order valence-corrected chi connectivity index (χ3v) is 6.03. The van der Waals surface area contributed by atoms with Gasteiger partial charge in [-0.25, -0.2) is 4.79 Å². The van der Waals surface area contributed by atoms with E-state index in [1.165, 1.54) is 4.90 Å². The Bertz CT molecular complexity index is 674. The maximum atomic E-state index is 13.4. The third kappa shape index (κ3) is 9.94. The summed E-state index contributed by atoms with van der Waals surface area (Å²) in [6.07, 6.45) is 4.94. The van der Waals surface area contributed by atoms with Crippen LogP contribution >= 0.6 is 0 Å². The lowest BCUT2D eigenvalue weighted by atomic mass is 10.0. The third-order valence-electron chi connectivity index (χ3n) is 6.03. The van der Waals surface area contributed by atoms with Crippen LogP contribution in [0, 0.1) is 5.92 Å². The molecule has 1 rings (SSSR count). The highest BCUT2D eigenvalue weighted by Gasteiger charge is 2.39. The minimum absolute atomic E-state index is 0.122. The van der Waals surface area contributed by atoms with Gasteiger partial charge in [0, 0.05) is 6.54 Å². The zero-order valence-electron chi connectivity index (χ0n) is 20.6. The summed E-state index contributed by atoms with van der Waals surface area (Å²) in [6, 6.07) is -3.35. The molecule has 4 unspecified atom stereocenters. The second kappa shape index (κ2) is 15.6. The van der Waals surface area contributed by atoms with Crippen molar-refractivity contribution >= 4 is 23.7 Å². The summed E-state index contributed by atoms with van der Waals surface area (Å²) in [4.78, 5) is 52.0. The SMILES string of the molecule is CC(C)CC(NC(=O)C(N)CCCCN)C(=O)N1CCCC1C(=O)NC(CCCCN)C(=O)O. The molecule has 0 spiro atoms. The number of amides is 3. The fourth-order valence-corrected chi connectivity index (χ4v) is 4.13. The first-order valence-corrected chi connectivity index (χ1v) is 12.4. The molecule has 0 aliphatic carbocycles. The van der Waals surface area contributed by atoms with E-state index in [9.17, 15) is 24.3 Å². The van der Waals surface area contributed by atoms with Crippen LogP contribution in [0.2, 0.25) is 0 Å². The monoisotopic (exact) mass is 484 g/mol. The molecule has 0 aromatic carbocycles. The first kappa shape index (κ1) is 29.8. The molecule has 11 nitrogen and oxygen atoms in total. The number of hydrogen-bond acceptors (Lipinski definition) is 7. The Labute approximate surface area is 202 Å². The van der Waals surface area contributed by atoms with Crippen LogP contribution < -0.4 is 27.8 Å². The van der Waals surface area contributed by atoms with Crippen molar-refractivity contribution in [3.8, 4) is 0 Å². The molecule has 0 aromatic heterocycles. The summed E-state index contributed by atoms with van der Waals surface area (Å²) in [5, 5.41) is 14.8. The van der Waals surface area contributed by atoms with E-state index < -0.39 is 42.0 Å². The smallest absolute Gasteiger partial charge is 0.326 e. The molecule has 0 bridgehead atoms. The van der Waals surface area contributed by atoms with Crippen molar-refractivity contribution < 1.29 is 24.3 Å². The molecule has 0 aromatic rings. The van der Waals surface area contributed by atoms with Crippen LogP contribution in [0.1, 0.15) is 71.6 Å². The summed E-state index contributed by atoms with van der Waals surface area (Å²) >= 11 is 0. The molecule has 1 aliphatic rings. The van der Waals surface area contributed by atoms with Gasteiger partial charge in [-0.05, 0) is 70.4 Å². The number of carboxylic acid groups (broad SMARTS) is 1. The molecular weight excluding hydrogens is 440 g/mol. The van der Waals surface area contributed by atoms with Crippen LogP contribution in [0.5, 0.6) is 0 Å². The van der Waals surface area contributed by atoms with Gasteiger partial charge < -0.3 is 37.8 Å². The summed E-state index contributed by atoms with van der Waals surface area (Å²) < 4.78 is 0. The average molecular weight is 485 g/mol. The van der Waals surface area contributed by atoms with Gasteiger partial charge >= 0.3 is 5.97 Å². The fraction of sp³-hybridized carbons (Fsp3) is 0.826. The Morgan fingerprint density at radius 1 is 0.971 bits per heavy atom. The lowest BCUT2D eigenvalue weighted by molar-refractivity contribution is -0.145. The van der Waals surface area contributed by atoms with Crippen LogP contribution in [-0.2, 0) is 19.2 Å². The van der Waals surface area contributed by atoms with Gasteiger partial charge in [-0.1, -0.05) is 20.3 Å². The Morgan fingerprint density at radius 3 is 2.15 bits per heavy atom. The van der Waals surface area contributed by atoms with Gasteiger partial charge in [-0.15, -0.1) is 0 Å². The van der Waals surface area contributed by atoms with Crippen molar-refractivity contribution in [3.05, 3.63) is 0 Å². The molecule has 196 valence electrons. The number of nitrogens with one attached hydrogen (secondary N) is 2. The minimum atomic E-state index is -1.12. The highest BCUT2D eigenvalue weighted by molar-refractivity contribution is 5.94. The van der Waals surface area contributed by atoms with Crippen molar-refractivity contribution in [2.75, 3.05) is 19.6 Å². The number of nitrogens with zero attached hydrogens (tertiary/aromatic N) is 1. The van der Waals surface area contributed by atoms with Gasteiger partial charge in [0.25, 0.3) is 0 Å². The van der Waals surface area contributed by atoms with E-state index in [-0.39, 0.29) is 18.2 Å². The highest BCUT2D eigenvalue weighted by Crippen LogP contribution is 2.21. The van der Waals surface area contributed by atoms with Crippen molar-refractivity contribution in [2.45, 2.75) is 95.8 Å². The maximum absolute atomic E-state index is 13.4. The molecule has 1 saturated heterocycles. The van der Waals surface area contributed by atoms with Crippen molar-refractivity contribution in [1.29, 1.82) is 0 Å². The summed E-state index contributed by atoms with van der Waals surface area (Å²) in [5.74, 6) is -2.23. The Morgan fingerprint density at radius 2 is 1.59 bits per heavy atom. The topological polar surface area (TPSA) is 194 Å². The Kier molecular flexibility index (Phi) is 13.7. The molecule has 34 heavy (non-hydrogen) atoms. The maximum Gasteiger partial charge on any atom is 0.326 e. The van der Waals surface area contributed by atoms with E-state index in [1.807, 2.05) is 13.8 Å². The van der Waals surface area contributed by atoms with E-state index >= 15 is 0 Å². The number of likely N-dealkylation sites (tertiary alicyclic amines) is 1. The molecule has 4 atom stereocenters. The first-order valence-electron chi connectivity index (χ1n) is 12.4. The van der Waals surface area contributed by atoms with Crippen molar-refractivity contribution in [3.63, 3.8) is 0 Å². The van der Waals surface area contributed by atoms with Crippen molar-refractivity contribution in [2.24, 2.45) is 23.1 Å². The van der Waals surface area contributed by atoms with Crippen molar-refractivity contribution in [1.82, 2.24) is 15.5 Å². The number of carbonyl (C=O) groups is 4. The van der Waals surface area contributed by atoms with E-state index in [1.54, 1.807) is 0 Å². The largest absolute Gasteiger partial charge is 0.480 e. The number of rotatable bonds is 16. The van der Waals surface area contributed by atoms with Gasteiger partial charge in [-0.2, -0.15) is 0 Å². The second-order valence-electron chi connectivity index (χ2n) is 9.46. The summed E-state index contributed by atoms with van der Waals surface area (Å²) in [5.41, 5.74) is 16.9. The molecule has 1 heterocycles. The van der Waals surface area contributed by atoms with Gasteiger partial charge in [0.05, 0.1) is 6.04 Å². The zero-order chi connectivity index (χ0) is 25.7. The molecule has 0 saturated carbocycles. The number of unbranched alkanes of at least 4 members (excludes halogenated alkanes) is 2. The van der Waals surface area contributed by atoms with Crippen LogP contribution in [0.3, 0.4) is 0 Å². The molecule has 3 amide bonds. The Hall–Kier alpha value is -2.24. The highest BCUT2D eigenvalue weighted by atomic mass is 16.4. The zero-order valence-corrected chi connectivity index (χ0v) is 20.6. The number of carbonyl (C=O) groups excluding carboxylic acids is 3. The lowest BCUT2D eigenvalue weighted by Crippen LogP contribution is -2.57. The molecule has 1 fully saturated rings. The molecular formula is C23H44N6O5. The quantitative estimate of drug-likeness (QED) is 0.160. The van der Waals surface area contributed by atoms with E-state index in [4.69, 9.17) is 17.2 Å². The number of carboxylic acids is 1. The molecule has 9 N–H and O–H groups in total. The van der Waals surface area contributed by atoms with Crippen LogP contribution in [-0.4, -0.2) is 77.5 Å². The van der Waals surface area contributed by atoms with E-state index in [2.05, 4.69) is 10.6 Å². The minimum Gasteiger partial charge on any atom is -0.480 e. The van der Waals surface area contributed by atoms with Gasteiger partial charge in [0.15, 0.2) is 0 Å². The molecule has 11 heteroatoms. The lowest BCUT2D eigenvalue weighted by Gasteiger charge is -2.30. The summed E-state index contributed by atoms with van der Waals surface area (Å²) in [6.45, 7) is 5.23. The Balaban J connectivity index is 2.86. The first-order chi connectivity index (χ1) is 16.1. The predicted octanol–water partition coefficient (Wildman–Crippen LogP) is -0.337.